The Kier molecular flexibility index (Phi) is 6.56. The van der Waals surface area contributed by atoms with Crippen molar-refractivity contribution in [2.45, 2.75) is 42.8 Å². The van der Waals surface area contributed by atoms with Crippen molar-refractivity contribution in [3.63, 3.8) is 0 Å². The van der Waals surface area contributed by atoms with Gasteiger partial charge in [-0.25, -0.2) is 9.18 Å². The smallest absolute Gasteiger partial charge is 0.318 e. The Hall–Kier alpha value is -3.26. The Morgan fingerprint density at radius 2 is 1.77 bits per heavy atom. The molecular formula is C27H24F3N3OS. The van der Waals surface area contributed by atoms with E-state index in [4.69, 9.17) is 0 Å². The van der Waals surface area contributed by atoms with Gasteiger partial charge in [-0.3, -0.25) is 0 Å². The summed E-state index contributed by atoms with van der Waals surface area (Å²) < 4.78 is 41.9. The maximum absolute atomic E-state index is 14.9. The number of nitrogens with zero attached hydrogens (tertiary/aromatic N) is 2. The van der Waals surface area contributed by atoms with Crippen LogP contribution in [0.1, 0.15) is 30.4 Å². The Morgan fingerprint density at radius 3 is 2.43 bits per heavy atom. The van der Waals surface area contributed by atoms with Crippen molar-refractivity contribution in [1.82, 2.24) is 15.2 Å². The molecule has 180 valence electrons. The molecule has 8 heteroatoms. The van der Waals surface area contributed by atoms with Crippen molar-refractivity contribution in [2.24, 2.45) is 0 Å². The van der Waals surface area contributed by atoms with Gasteiger partial charge in [-0.2, -0.15) is 13.8 Å². The standard InChI is InChI=1S/C27H24F3N3OS/c1-35-22-7-2-16(3-8-22)15-31-27(34)33-20-5-6-21(33)11-18(10-20)17-4-9-23(24(28)12-17)19-13-25(29)32-26(30)14-19/h2-4,7-10,12-14,20-21H,5-6,11,15H2,1H3,(H,31,34). The number of aromatic nitrogens is 1. The Balaban J connectivity index is 1.30. The van der Waals surface area contributed by atoms with Gasteiger partial charge in [-0.1, -0.05) is 30.3 Å². The molecule has 0 aliphatic carbocycles. The first-order valence-electron chi connectivity index (χ1n) is 11.4. The minimum atomic E-state index is -0.995. The van der Waals surface area contributed by atoms with Crippen molar-refractivity contribution >= 4 is 23.4 Å². The molecule has 5 rings (SSSR count). The normalized spacial score (nSPS) is 19.0. The third kappa shape index (κ3) is 4.93. The van der Waals surface area contributed by atoms with Crippen molar-refractivity contribution in [1.29, 1.82) is 0 Å². The molecule has 0 radical (unpaired) electrons. The van der Waals surface area contributed by atoms with Crippen LogP contribution in [0.4, 0.5) is 18.0 Å². The summed E-state index contributed by atoms with van der Waals surface area (Å²) >= 11 is 1.68. The average molecular weight is 496 g/mol. The van der Waals surface area contributed by atoms with Crippen molar-refractivity contribution in [3.8, 4) is 11.1 Å². The summed E-state index contributed by atoms with van der Waals surface area (Å²) in [6, 6.07) is 14.7. The lowest BCUT2D eigenvalue weighted by molar-refractivity contribution is 0.179. The van der Waals surface area contributed by atoms with E-state index in [1.54, 1.807) is 17.8 Å². The molecule has 2 amide bonds. The van der Waals surface area contributed by atoms with Crippen LogP contribution >= 0.6 is 11.8 Å². The first-order chi connectivity index (χ1) is 16.9. The van der Waals surface area contributed by atoms with E-state index in [1.165, 1.54) is 17.0 Å². The van der Waals surface area contributed by atoms with Crippen LogP contribution in [-0.4, -0.2) is 34.3 Å². The summed E-state index contributed by atoms with van der Waals surface area (Å²) in [4.78, 5) is 19.1. The largest absolute Gasteiger partial charge is 0.334 e. The van der Waals surface area contributed by atoms with Gasteiger partial charge < -0.3 is 10.2 Å². The fourth-order valence-corrected chi connectivity index (χ4v) is 5.35. The fourth-order valence-electron chi connectivity index (χ4n) is 4.94. The number of benzene rings is 2. The maximum atomic E-state index is 14.9. The molecule has 0 spiro atoms. The van der Waals surface area contributed by atoms with Gasteiger partial charge in [-0.05, 0) is 66.0 Å². The van der Waals surface area contributed by atoms with Crippen LogP contribution < -0.4 is 5.32 Å². The molecule has 1 N–H and O–H groups in total. The number of carbonyl (C=O) groups excluding carboxylic acids is 1. The monoisotopic (exact) mass is 495 g/mol. The minimum Gasteiger partial charge on any atom is -0.334 e. The zero-order valence-corrected chi connectivity index (χ0v) is 19.9. The molecule has 4 nitrogen and oxygen atoms in total. The van der Waals surface area contributed by atoms with Gasteiger partial charge in [0.25, 0.3) is 0 Å². The van der Waals surface area contributed by atoms with Crippen LogP contribution in [0.3, 0.4) is 0 Å². The molecule has 0 saturated carbocycles. The molecule has 1 saturated heterocycles. The van der Waals surface area contributed by atoms with Gasteiger partial charge >= 0.3 is 6.03 Å². The molecule has 3 aromatic rings. The highest BCUT2D eigenvalue weighted by Gasteiger charge is 2.39. The number of nitrogens with one attached hydrogen (secondary N) is 1. The van der Waals surface area contributed by atoms with E-state index in [1.807, 2.05) is 41.5 Å². The number of carbonyl (C=O) groups is 1. The maximum Gasteiger partial charge on any atom is 0.318 e. The first-order valence-corrected chi connectivity index (χ1v) is 12.7. The molecule has 35 heavy (non-hydrogen) atoms. The number of halogens is 3. The van der Waals surface area contributed by atoms with Crippen LogP contribution in [0.25, 0.3) is 16.7 Å². The fraction of sp³-hybridized carbons (Fsp3) is 0.259. The zero-order chi connectivity index (χ0) is 24.5. The number of rotatable bonds is 5. The lowest BCUT2D eigenvalue weighted by atomic mass is 9.93. The lowest BCUT2D eigenvalue weighted by Gasteiger charge is -2.34. The molecule has 1 fully saturated rings. The molecule has 1 aromatic heterocycles. The number of thioether (sulfide) groups is 1. The topological polar surface area (TPSA) is 45.2 Å². The highest BCUT2D eigenvalue weighted by atomic mass is 32.2. The predicted octanol–water partition coefficient (Wildman–Crippen LogP) is 6.42. The summed E-state index contributed by atoms with van der Waals surface area (Å²) in [5.74, 6) is -2.55. The van der Waals surface area contributed by atoms with Crippen molar-refractivity contribution < 1.29 is 18.0 Å². The van der Waals surface area contributed by atoms with Crippen LogP contribution in [0.5, 0.6) is 0 Å². The molecule has 2 unspecified atom stereocenters. The van der Waals surface area contributed by atoms with E-state index in [2.05, 4.69) is 10.3 Å². The molecule has 2 aromatic carbocycles. The zero-order valence-electron chi connectivity index (χ0n) is 19.1. The molecule has 2 atom stereocenters. The van der Waals surface area contributed by atoms with Gasteiger partial charge in [0.05, 0.1) is 6.04 Å². The second-order valence-electron chi connectivity index (χ2n) is 8.80. The van der Waals surface area contributed by atoms with E-state index >= 15 is 0 Å². The number of urea groups is 1. The molecular weight excluding hydrogens is 471 g/mol. The summed E-state index contributed by atoms with van der Waals surface area (Å²) in [5.41, 5.74) is 2.95. The highest BCUT2D eigenvalue weighted by molar-refractivity contribution is 7.98. The molecule has 2 aliphatic rings. The second-order valence-corrected chi connectivity index (χ2v) is 9.68. The number of amides is 2. The highest BCUT2D eigenvalue weighted by Crippen LogP contribution is 2.39. The van der Waals surface area contributed by atoms with Crippen LogP contribution in [0.15, 0.2) is 65.6 Å². The summed E-state index contributed by atoms with van der Waals surface area (Å²) in [6.45, 7) is 0.461. The van der Waals surface area contributed by atoms with E-state index in [0.29, 0.717) is 18.5 Å². The number of hydrogen-bond acceptors (Lipinski definition) is 3. The summed E-state index contributed by atoms with van der Waals surface area (Å²) in [6.07, 6.45) is 6.44. The van der Waals surface area contributed by atoms with Crippen molar-refractivity contribution in [3.05, 3.63) is 89.5 Å². The summed E-state index contributed by atoms with van der Waals surface area (Å²) in [5, 5.41) is 3.03. The summed E-state index contributed by atoms with van der Waals surface area (Å²) in [7, 11) is 0. The van der Waals surface area contributed by atoms with Gasteiger partial charge in [0.15, 0.2) is 0 Å². The molecule has 3 heterocycles. The van der Waals surface area contributed by atoms with E-state index in [9.17, 15) is 18.0 Å². The van der Waals surface area contributed by atoms with Crippen LogP contribution in [-0.2, 0) is 6.54 Å². The van der Waals surface area contributed by atoms with Gasteiger partial charge in [-0.15, -0.1) is 11.8 Å². The third-order valence-electron chi connectivity index (χ3n) is 6.65. The number of hydrogen-bond donors (Lipinski definition) is 1. The number of pyridine rings is 1. The number of fused-ring (bicyclic) bond motifs is 2. The van der Waals surface area contributed by atoms with Gasteiger partial charge in [0, 0.05) is 35.2 Å². The second kappa shape index (κ2) is 9.77. The van der Waals surface area contributed by atoms with Crippen molar-refractivity contribution in [2.75, 3.05) is 6.26 Å². The SMILES string of the molecule is CSc1ccc(CNC(=O)N2C3C=C(c4ccc(-c5cc(F)nc(F)c5)c(F)c4)CC2CC3)cc1. The first kappa shape index (κ1) is 23.5. The predicted molar refractivity (Wildman–Crippen MR) is 131 cm³/mol. The van der Waals surface area contributed by atoms with E-state index in [0.717, 1.165) is 36.1 Å². The molecule has 2 bridgehead atoms. The Labute approximate surface area is 206 Å². The van der Waals surface area contributed by atoms with E-state index < -0.39 is 17.7 Å². The molecule has 2 aliphatic heterocycles. The Morgan fingerprint density at radius 1 is 1.03 bits per heavy atom. The Bertz CT molecular complexity index is 1280. The lowest BCUT2D eigenvalue weighted by Crippen LogP contribution is -2.48. The average Bonchev–Trinajstić information content (AvgIpc) is 3.11. The third-order valence-corrected chi connectivity index (χ3v) is 7.39. The quantitative estimate of drug-likeness (QED) is 0.328. The minimum absolute atomic E-state index is 0.0463. The van der Waals surface area contributed by atoms with E-state index in [-0.39, 0.29) is 29.2 Å². The van der Waals surface area contributed by atoms with Gasteiger partial charge in [0.2, 0.25) is 11.9 Å². The van der Waals surface area contributed by atoms with Gasteiger partial charge in [0.1, 0.15) is 5.82 Å². The van der Waals surface area contributed by atoms with Crippen LogP contribution in [0.2, 0.25) is 0 Å². The van der Waals surface area contributed by atoms with Crippen LogP contribution in [0, 0.1) is 17.7 Å².